The fourth-order valence-corrected chi connectivity index (χ4v) is 4.38. The highest BCUT2D eigenvalue weighted by Gasteiger charge is 2.49. The molecule has 0 amide bonds. The van der Waals surface area contributed by atoms with Gasteiger partial charge in [-0.2, -0.15) is 0 Å². The van der Waals surface area contributed by atoms with Crippen molar-refractivity contribution in [1.29, 1.82) is 0 Å². The second kappa shape index (κ2) is 5.87. The van der Waals surface area contributed by atoms with Gasteiger partial charge in [-0.3, -0.25) is 0 Å². The fourth-order valence-electron chi connectivity index (χ4n) is 2.54. The van der Waals surface area contributed by atoms with Crippen LogP contribution >= 0.6 is 11.6 Å². The van der Waals surface area contributed by atoms with Gasteiger partial charge in [0.15, 0.2) is 9.84 Å². The molecule has 1 fully saturated rings. The molecule has 1 aliphatic carbocycles. The van der Waals surface area contributed by atoms with Crippen molar-refractivity contribution < 1.29 is 8.42 Å². The first-order valence-electron chi connectivity index (χ1n) is 7.57. The number of nitrogens with zero attached hydrogens (tertiary/aromatic N) is 2. The number of sulfone groups is 1. The predicted molar refractivity (Wildman–Crippen MR) is 91.3 cm³/mol. The molecule has 3 rings (SSSR count). The minimum absolute atomic E-state index is 0.0981. The number of aromatic nitrogens is 2. The Morgan fingerprint density at radius 3 is 2.65 bits per heavy atom. The lowest BCUT2D eigenvalue weighted by Gasteiger charge is -2.12. The Kier molecular flexibility index (Phi) is 4.19. The van der Waals surface area contributed by atoms with Gasteiger partial charge in [0.05, 0.1) is 16.2 Å². The van der Waals surface area contributed by atoms with Crippen LogP contribution in [0.5, 0.6) is 0 Å². The van der Waals surface area contributed by atoms with Crippen molar-refractivity contribution in [3.8, 4) is 0 Å². The summed E-state index contributed by atoms with van der Waals surface area (Å²) in [6, 6.07) is 7.68. The van der Waals surface area contributed by atoms with Crippen molar-refractivity contribution in [2.75, 3.05) is 0 Å². The first-order chi connectivity index (χ1) is 10.8. The maximum Gasteiger partial charge on any atom is 0.222 e. The zero-order valence-electron chi connectivity index (χ0n) is 13.2. The van der Waals surface area contributed by atoms with E-state index in [0.29, 0.717) is 6.42 Å². The van der Waals surface area contributed by atoms with E-state index in [-0.39, 0.29) is 11.0 Å². The quantitative estimate of drug-likeness (QED) is 0.774. The Balaban J connectivity index is 1.82. The summed E-state index contributed by atoms with van der Waals surface area (Å²) in [5.41, 5.74) is 3.68. The highest BCUT2D eigenvalue weighted by Crippen LogP contribution is 2.44. The maximum absolute atomic E-state index is 12.4. The first kappa shape index (κ1) is 16.4. The Bertz CT molecular complexity index is 845. The summed E-state index contributed by atoms with van der Waals surface area (Å²) in [7, 11) is -3.09. The van der Waals surface area contributed by atoms with Crippen molar-refractivity contribution in [1.82, 2.24) is 9.97 Å². The molecule has 0 aliphatic heterocycles. The molecule has 0 N–H and O–H groups in total. The molecule has 1 aromatic carbocycles. The highest BCUT2D eigenvalue weighted by atomic mass is 35.5. The molecule has 0 spiro atoms. The standard InChI is InChI=1S/C17H19ClN2O2S/c1-12-10-19-16(18)20-15(12)9-13-4-3-5-14(8-13)11-23(21,22)17(2)6-7-17/h3-5,8,10H,6-7,9,11H2,1-2H3. The lowest BCUT2D eigenvalue weighted by molar-refractivity contribution is 0.581. The van der Waals surface area contributed by atoms with Crippen LogP contribution in [0.25, 0.3) is 0 Å². The first-order valence-corrected chi connectivity index (χ1v) is 9.60. The van der Waals surface area contributed by atoms with E-state index >= 15 is 0 Å². The number of benzene rings is 1. The Morgan fingerprint density at radius 2 is 1.96 bits per heavy atom. The summed E-state index contributed by atoms with van der Waals surface area (Å²) in [6.07, 6.45) is 3.85. The second-order valence-electron chi connectivity index (χ2n) is 6.47. The molecule has 2 aromatic rings. The smallest absolute Gasteiger partial charge is 0.222 e. The van der Waals surface area contributed by atoms with Gasteiger partial charge < -0.3 is 0 Å². The molecule has 0 radical (unpaired) electrons. The van der Waals surface area contributed by atoms with E-state index in [2.05, 4.69) is 9.97 Å². The number of hydrogen-bond donors (Lipinski definition) is 0. The van der Waals surface area contributed by atoms with Gasteiger partial charge in [-0.15, -0.1) is 0 Å². The fraction of sp³-hybridized carbons (Fsp3) is 0.412. The van der Waals surface area contributed by atoms with Gasteiger partial charge in [-0.05, 0) is 55.0 Å². The molecule has 6 heteroatoms. The summed E-state index contributed by atoms with van der Waals surface area (Å²) < 4.78 is 24.3. The third-order valence-corrected chi connectivity index (χ3v) is 7.28. The molecular formula is C17H19ClN2O2S. The molecule has 4 nitrogen and oxygen atoms in total. The van der Waals surface area contributed by atoms with Gasteiger partial charge in [0.2, 0.25) is 5.28 Å². The lowest BCUT2D eigenvalue weighted by atomic mass is 10.0. The summed E-state index contributed by atoms with van der Waals surface area (Å²) in [6.45, 7) is 3.77. The molecule has 0 saturated heterocycles. The summed E-state index contributed by atoms with van der Waals surface area (Å²) >= 11 is 5.86. The molecule has 1 aromatic heterocycles. The molecule has 1 heterocycles. The number of hydrogen-bond acceptors (Lipinski definition) is 4. The molecule has 1 saturated carbocycles. The molecule has 0 atom stereocenters. The maximum atomic E-state index is 12.4. The largest absolute Gasteiger partial charge is 0.228 e. The molecule has 23 heavy (non-hydrogen) atoms. The van der Waals surface area contributed by atoms with Crippen LogP contribution in [0.15, 0.2) is 30.5 Å². The van der Waals surface area contributed by atoms with E-state index in [0.717, 1.165) is 35.2 Å². The molecule has 0 bridgehead atoms. The molecular weight excluding hydrogens is 332 g/mol. The van der Waals surface area contributed by atoms with Gasteiger partial charge in [-0.1, -0.05) is 24.3 Å². The van der Waals surface area contributed by atoms with E-state index in [1.807, 2.05) is 38.1 Å². The van der Waals surface area contributed by atoms with Crippen LogP contribution in [0.4, 0.5) is 0 Å². The van der Waals surface area contributed by atoms with Crippen molar-refractivity contribution in [2.45, 2.75) is 43.6 Å². The summed E-state index contributed by atoms with van der Waals surface area (Å²) in [4.78, 5) is 8.21. The SMILES string of the molecule is Cc1cnc(Cl)nc1Cc1cccc(CS(=O)(=O)C2(C)CC2)c1. The average Bonchev–Trinajstić information content (AvgIpc) is 3.23. The summed E-state index contributed by atoms with van der Waals surface area (Å²) in [5.74, 6) is 0.0981. The lowest BCUT2D eigenvalue weighted by Crippen LogP contribution is -2.21. The molecule has 1 aliphatic rings. The van der Waals surface area contributed by atoms with Gasteiger partial charge in [0.25, 0.3) is 0 Å². The van der Waals surface area contributed by atoms with Crippen molar-refractivity contribution in [3.63, 3.8) is 0 Å². The van der Waals surface area contributed by atoms with Gasteiger partial charge in [0, 0.05) is 12.6 Å². The Morgan fingerprint density at radius 1 is 1.26 bits per heavy atom. The number of halogens is 1. The number of rotatable bonds is 5. The minimum atomic E-state index is -3.09. The van der Waals surface area contributed by atoms with Crippen LogP contribution < -0.4 is 0 Å². The molecule has 122 valence electrons. The summed E-state index contributed by atoms with van der Waals surface area (Å²) in [5, 5.41) is 0.228. The average molecular weight is 351 g/mol. The van der Waals surface area contributed by atoms with Crippen molar-refractivity contribution >= 4 is 21.4 Å². The van der Waals surface area contributed by atoms with E-state index in [1.165, 1.54) is 0 Å². The highest BCUT2D eigenvalue weighted by molar-refractivity contribution is 7.92. The third kappa shape index (κ3) is 3.56. The van der Waals surface area contributed by atoms with Crippen LogP contribution in [0.2, 0.25) is 5.28 Å². The third-order valence-electron chi connectivity index (χ3n) is 4.47. The predicted octanol–water partition coefficient (Wildman–Crippen LogP) is 3.50. The van der Waals surface area contributed by atoms with Crippen molar-refractivity contribution in [3.05, 3.63) is 58.1 Å². The van der Waals surface area contributed by atoms with Crippen LogP contribution in [-0.4, -0.2) is 23.1 Å². The Hall–Kier alpha value is -1.46. The Labute approximate surface area is 141 Å². The van der Waals surface area contributed by atoms with Crippen LogP contribution in [-0.2, 0) is 22.0 Å². The normalized spacial score (nSPS) is 16.3. The van der Waals surface area contributed by atoms with Crippen molar-refractivity contribution in [2.24, 2.45) is 0 Å². The van der Waals surface area contributed by atoms with Crippen LogP contribution in [0.1, 0.15) is 42.1 Å². The van der Waals surface area contributed by atoms with Crippen LogP contribution in [0.3, 0.4) is 0 Å². The zero-order chi connectivity index (χ0) is 16.7. The van der Waals surface area contributed by atoms with E-state index in [9.17, 15) is 8.42 Å². The zero-order valence-corrected chi connectivity index (χ0v) is 14.8. The van der Waals surface area contributed by atoms with Gasteiger partial charge in [-0.25, -0.2) is 18.4 Å². The van der Waals surface area contributed by atoms with Crippen LogP contribution in [0, 0.1) is 6.92 Å². The van der Waals surface area contributed by atoms with Gasteiger partial charge >= 0.3 is 0 Å². The van der Waals surface area contributed by atoms with E-state index < -0.39 is 14.6 Å². The van der Waals surface area contributed by atoms with E-state index in [1.54, 1.807) is 6.20 Å². The monoisotopic (exact) mass is 350 g/mol. The second-order valence-corrected chi connectivity index (χ2v) is 9.32. The van der Waals surface area contributed by atoms with E-state index in [4.69, 9.17) is 11.6 Å². The van der Waals surface area contributed by atoms with Gasteiger partial charge in [0.1, 0.15) is 0 Å². The minimum Gasteiger partial charge on any atom is -0.228 e. The topological polar surface area (TPSA) is 59.9 Å². The molecule has 0 unspecified atom stereocenters. The number of aryl methyl sites for hydroxylation is 1.